The molecule has 3 aromatic rings. The third kappa shape index (κ3) is 2.65. The Hall–Kier alpha value is -2.62. The van der Waals surface area contributed by atoms with Gasteiger partial charge < -0.3 is 9.84 Å². The second kappa shape index (κ2) is 5.40. The largest absolute Gasteiger partial charge is 0.363 e. The molecular weight excluding hydrogens is 294 g/mol. The van der Waals surface area contributed by atoms with Gasteiger partial charge in [-0.05, 0) is 13.8 Å². The van der Waals surface area contributed by atoms with E-state index in [4.69, 9.17) is 0 Å². The Balaban J connectivity index is 1.79. The van der Waals surface area contributed by atoms with Crippen molar-refractivity contribution in [3.05, 3.63) is 35.1 Å². The third-order valence-corrected chi connectivity index (χ3v) is 3.58. The van der Waals surface area contributed by atoms with Crippen LogP contribution in [0.3, 0.4) is 0 Å². The van der Waals surface area contributed by atoms with Gasteiger partial charge in [0.05, 0.1) is 35.4 Å². The van der Waals surface area contributed by atoms with Gasteiger partial charge in [-0.1, -0.05) is 10.4 Å². The average molecular weight is 305 g/mol. The minimum absolute atomic E-state index is 0.235. The average Bonchev–Trinajstić information content (AvgIpc) is 3.16. The quantitative estimate of drug-likeness (QED) is 0.766. The number of carbonyl (C=O) groups excluding carboxylic acids is 1. The highest BCUT2D eigenvalue weighted by atomic mass is 32.1. The summed E-state index contributed by atoms with van der Waals surface area (Å²) in [4.78, 5) is 12.1. The van der Waals surface area contributed by atoms with Crippen molar-refractivity contribution in [3.63, 3.8) is 0 Å². The highest BCUT2D eigenvalue weighted by Gasteiger charge is 2.18. The predicted octanol–water partition coefficient (Wildman–Crippen LogP) is 1.04. The van der Waals surface area contributed by atoms with E-state index in [1.54, 1.807) is 17.7 Å². The fraction of sp³-hybridized carbons (Fsp3) is 0.273. The predicted molar refractivity (Wildman–Crippen MR) is 73.0 cm³/mol. The zero-order valence-electron chi connectivity index (χ0n) is 11.3. The summed E-state index contributed by atoms with van der Waals surface area (Å²) >= 11 is 1.15. The fourth-order valence-electron chi connectivity index (χ4n) is 1.71. The molecule has 108 valence electrons. The zero-order chi connectivity index (χ0) is 14.8. The number of hydrogen-bond acceptors (Lipinski definition) is 8. The number of amides is 1. The molecule has 1 amide bonds. The van der Waals surface area contributed by atoms with Crippen LogP contribution in [0.15, 0.2) is 16.9 Å². The second-order valence-electron chi connectivity index (χ2n) is 4.32. The zero-order valence-corrected chi connectivity index (χ0v) is 12.1. The normalized spacial score (nSPS) is 10.8. The van der Waals surface area contributed by atoms with Gasteiger partial charge in [0.1, 0.15) is 6.26 Å². The van der Waals surface area contributed by atoms with E-state index in [0.717, 1.165) is 23.1 Å². The molecule has 0 aliphatic carbocycles. The number of carbonyl (C=O) groups is 1. The number of rotatable bonds is 4. The van der Waals surface area contributed by atoms with Gasteiger partial charge >= 0.3 is 0 Å². The number of aryl methyl sites for hydroxylation is 1. The Morgan fingerprint density at radius 1 is 1.43 bits per heavy atom. The molecule has 10 heteroatoms. The van der Waals surface area contributed by atoms with E-state index in [1.165, 1.54) is 6.26 Å². The van der Waals surface area contributed by atoms with Crippen LogP contribution in [0.1, 0.15) is 27.6 Å². The molecular formula is C11H11N7O2S. The molecule has 1 N–H and O–H groups in total. The number of nitrogens with one attached hydrogen (secondary N) is 1. The number of hydrogen-bond donors (Lipinski definition) is 1. The molecule has 0 radical (unpaired) electrons. The van der Waals surface area contributed by atoms with Crippen molar-refractivity contribution in [1.29, 1.82) is 0 Å². The van der Waals surface area contributed by atoms with Crippen LogP contribution >= 0.6 is 11.7 Å². The molecule has 21 heavy (non-hydrogen) atoms. The Morgan fingerprint density at radius 2 is 2.29 bits per heavy atom. The smallest absolute Gasteiger partial charge is 0.279 e. The first-order valence-electron chi connectivity index (χ1n) is 6.05. The number of anilines is 1. The third-order valence-electron chi connectivity index (χ3n) is 2.92. The fourth-order valence-corrected chi connectivity index (χ4v) is 2.26. The molecule has 0 saturated carbocycles. The first-order chi connectivity index (χ1) is 10.1. The molecule has 0 aliphatic heterocycles. The van der Waals surface area contributed by atoms with Crippen molar-refractivity contribution >= 4 is 23.5 Å². The van der Waals surface area contributed by atoms with Crippen molar-refractivity contribution in [2.75, 3.05) is 5.32 Å². The number of nitrogens with zero attached hydrogens (tertiary/aromatic N) is 6. The van der Waals surface area contributed by atoms with Gasteiger partial charge in [0.25, 0.3) is 5.91 Å². The first kappa shape index (κ1) is 13.4. The molecule has 0 saturated heterocycles. The Morgan fingerprint density at radius 3 is 2.95 bits per heavy atom. The molecule has 3 rings (SSSR count). The van der Waals surface area contributed by atoms with Gasteiger partial charge in [-0.3, -0.25) is 4.79 Å². The first-order valence-corrected chi connectivity index (χ1v) is 6.78. The molecule has 0 unspecified atom stereocenters. The summed E-state index contributed by atoms with van der Waals surface area (Å²) < 4.78 is 14.6. The molecule has 0 bridgehead atoms. The van der Waals surface area contributed by atoms with Crippen molar-refractivity contribution in [2.45, 2.75) is 20.4 Å². The molecule has 0 fully saturated rings. The molecule has 0 aromatic carbocycles. The standard InChI is InChI=1S/C11H11N7O2S/c1-6-8(16-21-15-6)5-18-7(2)10(13-17-18)11(19)12-9-3-4-20-14-9/h3-4H,5H2,1-2H3,(H,12,14,19). The molecule has 0 aliphatic rings. The summed E-state index contributed by atoms with van der Waals surface area (Å²) in [6, 6.07) is 1.54. The van der Waals surface area contributed by atoms with Crippen molar-refractivity contribution in [2.24, 2.45) is 0 Å². The van der Waals surface area contributed by atoms with E-state index in [1.807, 2.05) is 6.92 Å². The highest BCUT2D eigenvalue weighted by Crippen LogP contribution is 2.11. The van der Waals surface area contributed by atoms with Crippen LogP contribution in [-0.2, 0) is 6.54 Å². The van der Waals surface area contributed by atoms with Crippen LogP contribution in [-0.4, -0.2) is 34.8 Å². The van der Waals surface area contributed by atoms with Gasteiger partial charge in [-0.25, -0.2) is 4.68 Å². The van der Waals surface area contributed by atoms with E-state index >= 15 is 0 Å². The lowest BCUT2D eigenvalue weighted by Gasteiger charge is -2.02. The summed E-state index contributed by atoms with van der Waals surface area (Å²) in [6.45, 7) is 4.08. The van der Waals surface area contributed by atoms with E-state index in [9.17, 15) is 4.79 Å². The SMILES string of the molecule is Cc1nsnc1Cn1nnc(C(=O)Nc2ccon2)c1C. The molecule has 0 spiro atoms. The van der Waals surface area contributed by atoms with E-state index in [-0.39, 0.29) is 11.6 Å². The molecule has 3 heterocycles. The van der Waals surface area contributed by atoms with Crippen LogP contribution in [0.5, 0.6) is 0 Å². The Labute approximate surface area is 123 Å². The maximum atomic E-state index is 12.1. The maximum absolute atomic E-state index is 12.1. The summed E-state index contributed by atoms with van der Waals surface area (Å²) in [5, 5.41) is 14.1. The topological polar surface area (TPSA) is 112 Å². The minimum Gasteiger partial charge on any atom is -0.363 e. The van der Waals surface area contributed by atoms with Gasteiger partial charge in [-0.15, -0.1) is 5.10 Å². The monoisotopic (exact) mass is 305 g/mol. The van der Waals surface area contributed by atoms with Crippen molar-refractivity contribution in [1.82, 2.24) is 28.9 Å². The molecule has 9 nitrogen and oxygen atoms in total. The van der Waals surface area contributed by atoms with Gasteiger partial charge in [-0.2, -0.15) is 8.75 Å². The van der Waals surface area contributed by atoms with Crippen LogP contribution < -0.4 is 5.32 Å². The van der Waals surface area contributed by atoms with E-state index in [0.29, 0.717) is 18.1 Å². The summed E-state index contributed by atoms with van der Waals surface area (Å²) in [7, 11) is 0. The van der Waals surface area contributed by atoms with Crippen LogP contribution in [0.2, 0.25) is 0 Å². The number of aromatic nitrogens is 6. The highest BCUT2D eigenvalue weighted by molar-refractivity contribution is 6.99. The molecule has 0 atom stereocenters. The lowest BCUT2D eigenvalue weighted by Crippen LogP contribution is -2.14. The lowest BCUT2D eigenvalue weighted by molar-refractivity contribution is 0.102. The van der Waals surface area contributed by atoms with E-state index < -0.39 is 0 Å². The van der Waals surface area contributed by atoms with Crippen molar-refractivity contribution < 1.29 is 9.32 Å². The summed E-state index contributed by atoms with van der Waals surface area (Å²) in [5.74, 6) is -0.0609. The van der Waals surface area contributed by atoms with Gasteiger partial charge in [0.15, 0.2) is 11.5 Å². The Bertz CT molecular complexity index is 761. The van der Waals surface area contributed by atoms with Crippen LogP contribution in [0.4, 0.5) is 5.82 Å². The van der Waals surface area contributed by atoms with Crippen molar-refractivity contribution in [3.8, 4) is 0 Å². The maximum Gasteiger partial charge on any atom is 0.279 e. The summed E-state index contributed by atoms with van der Waals surface area (Å²) in [6.07, 6.45) is 1.37. The minimum atomic E-state index is -0.388. The van der Waals surface area contributed by atoms with Crippen LogP contribution in [0.25, 0.3) is 0 Å². The van der Waals surface area contributed by atoms with Gasteiger partial charge in [0.2, 0.25) is 0 Å². The second-order valence-corrected chi connectivity index (χ2v) is 4.84. The van der Waals surface area contributed by atoms with Crippen LogP contribution in [0, 0.1) is 13.8 Å². The lowest BCUT2D eigenvalue weighted by atomic mass is 10.3. The Kier molecular flexibility index (Phi) is 3.44. The summed E-state index contributed by atoms with van der Waals surface area (Å²) in [5.41, 5.74) is 2.54. The molecule has 3 aromatic heterocycles. The van der Waals surface area contributed by atoms with E-state index in [2.05, 4.69) is 34.1 Å². The van der Waals surface area contributed by atoms with Gasteiger partial charge in [0, 0.05) is 6.07 Å².